The molecule has 0 spiro atoms. The molecule has 1 atom stereocenters. The van der Waals surface area contributed by atoms with Gasteiger partial charge in [0.1, 0.15) is 24.2 Å². The van der Waals surface area contributed by atoms with Gasteiger partial charge in [0.05, 0.1) is 23.5 Å². The molecule has 3 aliphatic rings. The van der Waals surface area contributed by atoms with Crippen LogP contribution in [0.1, 0.15) is 35.1 Å². The molecule has 0 amide bonds. The Kier molecular flexibility index (Phi) is 3.21. The third-order valence-electron chi connectivity index (χ3n) is 6.06. The van der Waals surface area contributed by atoms with Crippen molar-refractivity contribution in [1.82, 2.24) is 4.57 Å². The maximum Gasteiger partial charge on any atom is 0.335 e. The van der Waals surface area contributed by atoms with Crippen LogP contribution < -0.4 is 15.0 Å². The first-order valence-electron chi connectivity index (χ1n) is 9.84. The van der Waals surface area contributed by atoms with Crippen molar-refractivity contribution < 1.29 is 14.6 Å². The molecule has 28 heavy (non-hydrogen) atoms. The number of anilines is 2. The maximum atomic E-state index is 11.5. The number of aromatic carboxylic acids is 1. The highest BCUT2D eigenvalue weighted by Gasteiger charge is 2.38. The van der Waals surface area contributed by atoms with Gasteiger partial charge in [-0.25, -0.2) is 4.79 Å². The molecule has 1 aliphatic carbocycles. The molecule has 2 aromatic carbocycles. The predicted octanol–water partition coefficient (Wildman–Crippen LogP) is 4.07. The lowest BCUT2D eigenvalue weighted by Crippen LogP contribution is -2.35. The van der Waals surface area contributed by atoms with E-state index in [0.29, 0.717) is 12.4 Å². The first-order valence-corrected chi connectivity index (χ1v) is 9.84. The highest BCUT2D eigenvalue weighted by atomic mass is 16.5. The molecule has 2 N–H and O–H groups in total. The van der Waals surface area contributed by atoms with Gasteiger partial charge in [0, 0.05) is 17.4 Å². The molecule has 3 aromatic rings. The first kappa shape index (κ1) is 15.9. The molecule has 0 radical (unpaired) electrons. The summed E-state index contributed by atoms with van der Waals surface area (Å²) in [6.45, 7) is 2.36. The van der Waals surface area contributed by atoms with Crippen molar-refractivity contribution in [1.29, 1.82) is 0 Å². The molecule has 1 unspecified atom stereocenters. The van der Waals surface area contributed by atoms with Crippen LogP contribution in [0, 0.1) is 5.92 Å². The van der Waals surface area contributed by atoms with Gasteiger partial charge < -0.3 is 24.6 Å². The van der Waals surface area contributed by atoms with Crippen molar-refractivity contribution in [2.24, 2.45) is 5.92 Å². The maximum absolute atomic E-state index is 11.5. The Morgan fingerprint density at radius 1 is 1.21 bits per heavy atom. The van der Waals surface area contributed by atoms with Crippen LogP contribution in [0.15, 0.2) is 42.5 Å². The van der Waals surface area contributed by atoms with E-state index in [1.165, 1.54) is 29.4 Å². The molecule has 2 aliphatic heterocycles. The number of hydrogen-bond acceptors (Lipinski definition) is 4. The lowest BCUT2D eigenvalue weighted by atomic mass is 10.1. The van der Waals surface area contributed by atoms with Gasteiger partial charge in [0.25, 0.3) is 0 Å². The molecule has 6 rings (SSSR count). The SMILES string of the molecule is O=C(O)c1cc2c3c(c1)OCCN3C(c1cc3ccccc3n1CC1CC1)N2. The fraction of sp³-hybridized carbons (Fsp3) is 0.318. The van der Waals surface area contributed by atoms with Crippen LogP contribution in [0.2, 0.25) is 0 Å². The van der Waals surface area contributed by atoms with Crippen LogP contribution in [-0.4, -0.2) is 28.8 Å². The highest BCUT2D eigenvalue weighted by Crippen LogP contribution is 2.50. The summed E-state index contributed by atoms with van der Waals surface area (Å²) >= 11 is 0. The molecule has 142 valence electrons. The Labute approximate surface area is 162 Å². The second kappa shape index (κ2) is 5.67. The van der Waals surface area contributed by atoms with Gasteiger partial charge in [-0.05, 0) is 43.0 Å². The Bertz CT molecular complexity index is 1120. The molecular weight excluding hydrogens is 354 g/mol. The zero-order valence-electron chi connectivity index (χ0n) is 15.4. The Balaban J connectivity index is 1.49. The largest absolute Gasteiger partial charge is 0.489 e. The number of carboxylic acid groups (broad SMARTS) is 1. The average Bonchev–Trinajstić information content (AvgIpc) is 3.35. The molecule has 1 saturated carbocycles. The van der Waals surface area contributed by atoms with E-state index in [4.69, 9.17) is 4.74 Å². The van der Waals surface area contributed by atoms with E-state index in [1.54, 1.807) is 12.1 Å². The van der Waals surface area contributed by atoms with Crippen molar-refractivity contribution >= 4 is 28.2 Å². The average molecular weight is 375 g/mol. The summed E-state index contributed by atoms with van der Waals surface area (Å²) < 4.78 is 8.25. The number of nitrogens with one attached hydrogen (secondary N) is 1. The van der Waals surface area contributed by atoms with Gasteiger partial charge in [-0.3, -0.25) is 0 Å². The van der Waals surface area contributed by atoms with Crippen LogP contribution in [0.5, 0.6) is 5.75 Å². The zero-order chi connectivity index (χ0) is 18.8. The van der Waals surface area contributed by atoms with Crippen molar-refractivity contribution in [3.8, 4) is 5.75 Å². The minimum atomic E-state index is -0.937. The van der Waals surface area contributed by atoms with Gasteiger partial charge in [-0.2, -0.15) is 0 Å². The quantitative estimate of drug-likeness (QED) is 0.719. The van der Waals surface area contributed by atoms with Crippen molar-refractivity contribution in [3.05, 3.63) is 53.7 Å². The molecule has 3 heterocycles. The number of nitrogens with zero attached hydrogens (tertiary/aromatic N) is 2. The summed E-state index contributed by atoms with van der Waals surface area (Å²) in [5.41, 5.74) is 4.56. The third-order valence-corrected chi connectivity index (χ3v) is 6.06. The molecule has 6 heteroatoms. The summed E-state index contributed by atoms with van der Waals surface area (Å²) in [7, 11) is 0. The highest BCUT2D eigenvalue weighted by molar-refractivity contribution is 5.95. The third kappa shape index (κ3) is 2.30. The second-order valence-electron chi connectivity index (χ2n) is 7.95. The number of fused-ring (bicyclic) bond motifs is 1. The number of aromatic nitrogens is 1. The van der Waals surface area contributed by atoms with E-state index in [0.717, 1.165) is 30.4 Å². The fourth-order valence-corrected chi connectivity index (χ4v) is 4.55. The van der Waals surface area contributed by atoms with Gasteiger partial charge in [-0.1, -0.05) is 18.2 Å². The minimum absolute atomic E-state index is 0.0205. The monoisotopic (exact) mass is 375 g/mol. The number of carboxylic acids is 1. The Morgan fingerprint density at radius 2 is 2.07 bits per heavy atom. The van der Waals surface area contributed by atoms with E-state index in [9.17, 15) is 9.90 Å². The number of rotatable bonds is 4. The number of ether oxygens (including phenoxy) is 1. The predicted molar refractivity (Wildman–Crippen MR) is 107 cm³/mol. The summed E-state index contributed by atoms with van der Waals surface area (Å²) in [5, 5.41) is 14.3. The topological polar surface area (TPSA) is 66.7 Å². The fourth-order valence-electron chi connectivity index (χ4n) is 4.55. The van der Waals surface area contributed by atoms with E-state index in [1.807, 2.05) is 0 Å². The van der Waals surface area contributed by atoms with Crippen molar-refractivity contribution in [3.63, 3.8) is 0 Å². The van der Waals surface area contributed by atoms with E-state index in [-0.39, 0.29) is 11.7 Å². The number of carbonyl (C=O) groups is 1. The molecular formula is C22H21N3O3. The van der Waals surface area contributed by atoms with Crippen molar-refractivity contribution in [2.75, 3.05) is 23.4 Å². The normalized spacial score (nSPS) is 20.0. The van der Waals surface area contributed by atoms with Gasteiger partial charge in [0.15, 0.2) is 0 Å². The standard InChI is InChI=1S/C22H21N3O3/c26-22(27)15-9-16-20-19(11-15)28-8-7-24(20)21(23-16)18-10-14-3-1-2-4-17(14)25(18)12-13-5-6-13/h1-4,9-11,13,21,23H,5-8,12H2,(H,26,27). The Morgan fingerprint density at radius 3 is 2.89 bits per heavy atom. The number of hydrogen-bond donors (Lipinski definition) is 2. The molecule has 0 bridgehead atoms. The van der Waals surface area contributed by atoms with Crippen LogP contribution in [0.3, 0.4) is 0 Å². The van der Waals surface area contributed by atoms with Crippen LogP contribution in [0.4, 0.5) is 11.4 Å². The summed E-state index contributed by atoms with van der Waals surface area (Å²) in [6.07, 6.45) is 2.58. The van der Waals surface area contributed by atoms with Gasteiger partial charge in [0.2, 0.25) is 0 Å². The zero-order valence-corrected chi connectivity index (χ0v) is 15.4. The van der Waals surface area contributed by atoms with Gasteiger partial charge in [-0.15, -0.1) is 0 Å². The van der Waals surface area contributed by atoms with Crippen LogP contribution in [-0.2, 0) is 6.54 Å². The Hall–Kier alpha value is -3.15. The van der Waals surface area contributed by atoms with E-state index < -0.39 is 5.97 Å². The van der Waals surface area contributed by atoms with Crippen LogP contribution in [0.25, 0.3) is 10.9 Å². The lowest BCUT2D eigenvalue weighted by molar-refractivity contribution is 0.0696. The van der Waals surface area contributed by atoms with Crippen LogP contribution >= 0.6 is 0 Å². The van der Waals surface area contributed by atoms with Gasteiger partial charge >= 0.3 is 5.97 Å². The smallest absolute Gasteiger partial charge is 0.335 e. The second-order valence-corrected chi connectivity index (χ2v) is 7.95. The van der Waals surface area contributed by atoms with E-state index >= 15 is 0 Å². The van der Waals surface area contributed by atoms with E-state index in [2.05, 4.69) is 45.1 Å². The first-order chi connectivity index (χ1) is 13.7. The summed E-state index contributed by atoms with van der Waals surface area (Å²) in [5.74, 6) is 0.478. The lowest BCUT2D eigenvalue weighted by Gasteiger charge is -2.32. The molecule has 0 saturated heterocycles. The summed E-state index contributed by atoms with van der Waals surface area (Å²) in [6, 6.07) is 14.2. The molecule has 1 aromatic heterocycles. The van der Waals surface area contributed by atoms with Crippen molar-refractivity contribution in [2.45, 2.75) is 25.6 Å². The number of para-hydroxylation sites is 1. The minimum Gasteiger partial charge on any atom is -0.489 e. The molecule has 1 fully saturated rings. The summed E-state index contributed by atoms with van der Waals surface area (Å²) in [4.78, 5) is 13.8. The molecule has 6 nitrogen and oxygen atoms in total. The number of benzene rings is 2.